The fraction of sp³-hybridized carbons (Fsp3) is 0.353. The van der Waals surface area contributed by atoms with Gasteiger partial charge in [0.05, 0.1) is 0 Å². The van der Waals surface area contributed by atoms with Crippen LogP contribution in [0.3, 0.4) is 0 Å². The molecule has 0 radical (unpaired) electrons. The number of thiophene rings is 1. The Balaban J connectivity index is 1.43. The Morgan fingerprint density at radius 3 is 2.92 bits per heavy atom. The summed E-state index contributed by atoms with van der Waals surface area (Å²) in [6, 6.07) is 9.75. The molecule has 3 heterocycles. The van der Waals surface area contributed by atoms with Crippen molar-refractivity contribution in [1.82, 2.24) is 25.2 Å². The molecule has 24 heavy (non-hydrogen) atoms. The Hall–Kier alpha value is -2.25. The number of aromatic amines is 1. The zero-order chi connectivity index (χ0) is 16.4. The van der Waals surface area contributed by atoms with Crippen LogP contribution in [-0.2, 0) is 6.54 Å². The number of rotatable bonds is 3. The Bertz CT molecular complexity index is 829. The Labute approximate surface area is 144 Å². The van der Waals surface area contributed by atoms with E-state index >= 15 is 0 Å². The van der Waals surface area contributed by atoms with E-state index in [4.69, 9.17) is 0 Å². The van der Waals surface area contributed by atoms with Crippen LogP contribution >= 0.6 is 11.3 Å². The highest BCUT2D eigenvalue weighted by Crippen LogP contribution is 2.16. The molecule has 4 rings (SSSR count). The van der Waals surface area contributed by atoms with Crippen molar-refractivity contribution in [2.24, 2.45) is 0 Å². The minimum absolute atomic E-state index is 0.0814. The van der Waals surface area contributed by atoms with Gasteiger partial charge in [0.25, 0.3) is 5.91 Å². The van der Waals surface area contributed by atoms with Crippen LogP contribution in [0.1, 0.15) is 21.7 Å². The summed E-state index contributed by atoms with van der Waals surface area (Å²) in [5.74, 6) is 0.0814. The SMILES string of the molecule is O=C(c1ccc2n[nH]nc2c1)N1CCCN(Cc2cccs2)CC1. The average Bonchev–Trinajstić information content (AvgIpc) is 3.22. The Kier molecular flexibility index (Phi) is 4.27. The first kappa shape index (κ1) is 15.3. The molecule has 3 aromatic rings. The minimum atomic E-state index is 0.0814. The number of nitrogens with zero attached hydrogens (tertiary/aromatic N) is 4. The molecule has 1 aliphatic rings. The van der Waals surface area contributed by atoms with E-state index < -0.39 is 0 Å². The van der Waals surface area contributed by atoms with Gasteiger partial charge in [0.15, 0.2) is 0 Å². The number of aromatic nitrogens is 3. The molecular weight excluding hydrogens is 322 g/mol. The molecule has 1 fully saturated rings. The molecule has 0 atom stereocenters. The van der Waals surface area contributed by atoms with Crippen molar-refractivity contribution in [2.75, 3.05) is 26.2 Å². The van der Waals surface area contributed by atoms with Crippen LogP contribution in [-0.4, -0.2) is 57.3 Å². The zero-order valence-corrected chi connectivity index (χ0v) is 14.1. The summed E-state index contributed by atoms with van der Waals surface area (Å²) in [4.78, 5) is 18.6. The van der Waals surface area contributed by atoms with Gasteiger partial charge in [0.1, 0.15) is 11.0 Å². The first-order valence-electron chi connectivity index (χ1n) is 8.14. The second-order valence-electron chi connectivity index (χ2n) is 6.03. The molecule has 0 spiro atoms. The lowest BCUT2D eigenvalue weighted by Gasteiger charge is -2.21. The number of carbonyl (C=O) groups excluding carboxylic acids is 1. The quantitative estimate of drug-likeness (QED) is 0.794. The molecule has 0 aliphatic carbocycles. The van der Waals surface area contributed by atoms with Gasteiger partial charge >= 0.3 is 0 Å². The number of benzene rings is 1. The molecule has 1 N–H and O–H groups in total. The number of amides is 1. The van der Waals surface area contributed by atoms with Gasteiger partial charge in [-0.25, -0.2) is 0 Å². The molecule has 0 saturated carbocycles. The van der Waals surface area contributed by atoms with E-state index in [2.05, 4.69) is 37.8 Å². The number of fused-ring (bicyclic) bond motifs is 1. The Morgan fingerprint density at radius 2 is 2.04 bits per heavy atom. The van der Waals surface area contributed by atoms with E-state index in [9.17, 15) is 4.79 Å². The molecule has 1 aromatic carbocycles. The van der Waals surface area contributed by atoms with E-state index in [0.29, 0.717) is 5.56 Å². The van der Waals surface area contributed by atoms with Gasteiger partial charge in [0.2, 0.25) is 0 Å². The molecule has 124 valence electrons. The maximum Gasteiger partial charge on any atom is 0.253 e. The predicted molar refractivity (Wildman–Crippen MR) is 94.0 cm³/mol. The molecule has 0 unspecified atom stereocenters. The van der Waals surface area contributed by atoms with E-state index in [0.717, 1.165) is 50.2 Å². The second kappa shape index (κ2) is 6.70. The van der Waals surface area contributed by atoms with E-state index in [1.54, 1.807) is 11.3 Å². The molecule has 7 heteroatoms. The zero-order valence-electron chi connectivity index (χ0n) is 13.3. The van der Waals surface area contributed by atoms with E-state index in [-0.39, 0.29) is 5.91 Å². The molecular formula is C17H19N5OS. The van der Waals surface area contributed by atoms with Crippen LogP contribution < -0.4 is 0 Å². The fourth-order valence-corrected chi connectivity index (χ4v) is 3.86. The van der Waals surface area contributed by atoms with Gasteiger partial charge in [0, 0.05) is 43.2 Å². The van der Waals surface area contributed by atoms with E-state index in [1.807, 2.05) is 23.1 Å². The molecule has 1 amide bonds. The topological polar surface area (TPSA) is 65.1 Å². The third-order valence-corrected chi connectivity index (χ3v) is 5.26. The summed E-state index contributed by atoms with van der Waals surface area (Å²) in [6.07, 6.45) is 1.00. The molecule has 1 aliphatic heterocycles. The molecule has 2 aromatic heterocycles. The predicted octanol–water partition coefficient (Wildman–Crippen LogP) is 2.37. The van der Waals surface area contributed by atoms with Gasteiger partial charge < -0.3 is 4.90 Å². The summed E-state index contributed by atoms with van der Waals surface area (Å²) >= 11 is 1.79. The van der Waals surface area contributed by atoms with Crippen LogP contribution in [0.4, 0.5) is 0 Å². The number of H-pyrrole nitrogens is 1. The Morgan fingerprint density at radius 1 is 1.12 bits per heavy atom. The molecule has 0 bridgehead atoms. The lowest BCUT2D eigenvalue weighted by atomic mass is 10.1. The number of hydrogen-bond donors (Lipinski definition) is 1. The summed E-state index contributed by atoms with van der Waals surface area (Å²) in [5, 5.41) is 12.8. The van der Waals surface area contributed by atoms with Crippen molar-refractivity contribution in [1.29, 1.82) is 0 Å². The van der Waals surface area contributed by atoms with Crippen LogP contribution in [0.25, 0.3) is 11.0 Å². The van der Waals surface area contributed by atoms with Crippen molar-refractivity contribution in [3.05, 3.63) is 46.2 Å². The minimum Gasteiger partial charge on any atom is -0.337 e. The van der Waals surface area contributed by atoms with Gasteiger partial charge in [-0.15, -0.1) is 11.3 Å². The van der Waals surface area contributed by atoms with Crippen LogP contribution in [0.5, 0.6) is 0 Å². The largest absolute Gasteiger partial charge is 0.337 e. The highest BCUT2D eigenvalue weighted by Gasteiger charge is 2.21. The van der Waals surface area contributed by atoms with Crippen molar-refractivity contribution in [2.45, 2.75) is 13.0 Å². The summed E-state index contributed by atoms with van der Waals surface area (Å²) in [5.41, 5.74) is 2.20. The van der Waals surface area contributed by atoms with Crippen LogP contribution in [0, 0.1) is 0 Å². The first-order valence-corrected chi connectivity index (χ1v) is 9.02. The van der Waals surface area contributed by atoms with Crippen LogP contribution in [0.2, 0.25) is 0 Å². The van der Waals surface area contributed by atoms with Crippen molar-refractivity contribution in [3.8, 4) is 0 Å². The van der Waals surface area contributed by atoms with Crippen molar-refractivity contribution < 1.29 is 4.79 Å². The smallest absolute Gasteiger partial charge is 0.253 e. The normalized spacial score (nSPS) is 16.4. The number of carbonyl (C=O) groups is 1. The lowest BCUT2D eigenvalue weighted by Crippen LogP contribution is -2.35. The van der Waals surface area contributed by atoms with Crippen molar-refractivity contribution in [3.63, 3.8) is 0 Å². The molecule has 1 saturated heterocycles. The monoisotopic (exact) mass is 341 g/mol. The number of nitrogens with one attached hydrogen (secondary N) is 1. The van der Waals surface area contributed by atoms with Crippen molar-refractivity contribution >= 4 is 28.3 Å². The van der Waals surface area contributed by atoms with E-state index in [1.165, 1.54) is 4.88 Å². The van der Waals surface area contributed by atoms with Gasteiger partial charge in [-0.1, -0.05) is 6.07 Å². The highest BCUT2D eigenvalue weighted by molar-refractivity contribution is 7.09. The fourth-order valence-electron chi connectivity index (χ4n) is 3.11. The van der Waals surface area contributed by atoms with Gasteiger partial charge in [-0.3, -0.25) is 9.69 Å². The highest BCUT2D eigenvalue weighted by atomic mass is 32.1. The maximum absolute atomic E-state index is 12.8. The summed E-state index contributed by atoms with van der Waals surface area (Å²) in [7, 11) is 0. The maximum atomic E-state index is 12.8. The summed E-state index contributed by atoms with van der Waals surface area (Å²) < 4.78 is 0. The third kappa shape index (κ3) is 3.18. The lowest BCUT2D eigenvalue weighted by molar-refractivity contribution is 0.0761. The third-order valence-electron chi connectivity index (χ3n) is 4.40. The van der Waals surface area contributed by atoms with Gasteiger partial charge in [-0.05, 0) is 36.1 Å². The average molecular weight is 341 g/mol. The standard InChI is InChI=1S/C17H19N5OS/c23-17(13-4-5-15-16(11-13)19-20-18-15)22-7-2-6-21(8-9-22)12-14-3-1-10-24-14/h1,3-5,10-11H,2,6-9,12H2,(H,18,19,20). The summed E-state index contributed by atoms with van der Waals surface area (Å²) in [6.45, 7) is 4.49. The van der Waals surface area contributed by atoms with Gasteiger partial charge in [-0.2, -0.15) is 15.4 Å². The number of hydrogen-bond acceptors (Lipinski definition) is 5. The second-order valence-corrected chi connectivity index (χ2v) is 7.06. The van der Waals surface area contributed by atoms with Crippen LogP contribution in [0.15, 0.2) is 35.7 Å². The molecule has 6 nitrogen and oxygen atoms in total. The first-order chi connectivity index (χ1) is 11.8.